The largest absolute Gasteiger partial charge is 0.457 e. The van der Waals surface area contributed by atoms with Gasteiger partial charge in [0.1, 0.15) is 11.5 Å². The average molecular weight is 560 g/mol. The Kier molecular flexibility index (Phi) is 8.14. The van der Waals surface area contributed by atoms with E-state index >= 15 is 0 Å². The Bertz CT molecular complexity index is 1640. The van der Waals surface area contributed by atoms with E-state index in [4.69, 9.17) is 22.1 Å². The molecule has 5 aromatic carbocycles. The number of nitrogens with one attached hydrogen (secondary N) is 2. The van der Waals surface area contributed by atoms with Crippen LogP contribution in [0.3, 0.4) is 0 Å². The third-order valence-electron chi connectivity index (χ3n) is 7.00. The van der Waals surface area contributed by atoms with Crippen LogP contribution in [0, 0.1) is 0 Å². The lowest BCUT2D eigenvalue weighted by molar-refractivity contribution is 0.0992. The number of carbonyl (C=O) groups excluding carboxylic acids is 1. The number of halogens is 1. The van der Waals surface area contributed by atoms with E-state index in [1.54, 1.807) is 30.3 Å². The Balaban J connectivity index is 1.54. The number of hydrogen-bond acceptors (Lipinski definition) is 3. The molecule has 5 heteroatoms. The van der Waals surface area contributed by atoms with Crippen LogP contribution in [0.2, 0.25) is 5.02 Å². The maximum Gasteiger partial charge on any atom is 0.271 e. The van der Waals surface area contributed by atoms with E-state index in [1.807, 2.05) is 36.4 Å². The molecule has 205 valence electrons. The lowest BCUT2D eigenvalue weighted by Crippen LogP contribution is -2.12. The first-order valence-corrected chi connectivity index (χ1v) is 13.9. The summed E-state index contributed by atoms with van der Waals surface area (Å²) in [4.78, 5) is 12.7. The molecule has 0 aliphatic rings. The molecule has 0 atom stereocenters. The molecule has 0 heterocycles. The van der Waals surface area contributed by atoms with Crippen molar-refractivity contribution in [3.8, 4) is 33.8 Å². The summed E-state index contributed by atoms with van der Waals surface area (Å²) in [6.07, 6.45) is 0. The molecule has 0 saturated carbocycles. The predicted octanol–water partition coefficient (Wildman–Crippen LogP) is 9.80. The highest BCUT2D eigenvalue weighted by Crippen LogP contribution is 2.38. The second kappa shape index (κ2) is 11.9. The smallest absolute Gasteiger partial charge is 0.271 e. The molecule has 1 amide bonds. The van der Waals surface area contributed by atoms with E-state index in [0.717, 1.165) is 27.8 Å². The minimum atomic E-state index is -0.792. The van der Waals surface area contributed by atoms with Gasteiger partial charge in [-0.2, -0.15) is 0 Å². The van der Waals surface area contributed by atoms with Crippen molar-refractivity contribution in [2.24, 2.45) is 0 Å². The molecular formula is C36H32ClN2O2. The molecule has 0 saturated heterocycles. The zero-order valence-electron chi connectivity index (χ0n) is 23.4. The topological polar surface area (TPSA) is 62.1 Å². The molecule has 5 rings (SSSR count). The summed E-state index contributed by atoms with van der Waals surface area (Å²) in [5.74, 6) is 0.257. The van der Waals surface area contributed by atoms with E-state index in [2.05, 4.69) is 74.6 Å². The Labute approximate surface area is 246 Å². The van der Waals surface area contributed by atoms with Gasteiger partial charge < -0.3 is 10.1 Å². The Morgan fingerprint density at radius 2 is 1.37 bits per heavy atom. The Morgan fingerprint density at radius 3 is 1.98 bits per heavy atom. The highest BCUT2D eigenvalue weighted by Gasteiger charge is 2.19. The van der Waals surface area contributed by atoms with Gasteiger partial charge in [-0.3, -0.25) is 10.5 Å². The molecule has 0 aliphatic heterocycles. The molecule has 0 fully saturated rings. The summed E-state index contributed by atoms with van der Waals surface area (Å²) < 4.78 is 6.12. The molecule has 0 spiro atoms. The molecule has 0 bridgehead atoms. The van der Waals surface area contributed by atoms with Crippen molar-refractivity contribution in [1.82, 2.24) is 5.73 Å². The summed E-state index contributed by atoms with van der Waals surface area (Å²) in [6, 6.07) is 37.4. The summed E-state index contributed by atoms with van der Waals surface area (Å²) >= 11 is 6.05. The van der Waals surface area contributed by atoms with Crippen LogP contribution in [-0.2, 0) is 12.0 Å². The van der Waals surface area contributed by atoms with Crippen LogP contribution in [0.1, 0.15) is 42.3 Å². The average Bonchev–Trinajstić information content (AvgIpc) is 2.97. The molecule has 0 aromatic heterocycles. The van der Waals surface area contributed by atoms with Gasteiger partial charge in [0.25, 0.3) is 5.91 Å². The number of carbonyl (C=O) groups is 1. The monoisotopic (exact) mass is 559 g/mol. The van der Waals surface area contributed by atoms with Gasteiger partial charge >= 0.3 is 0 Å². The minimum Gasteiger partial charge on any atom is -0.457 e. The van der Waals surface area contributed by atoms with Crippen molar-refractivity contribution in [2.75, 3.05) is 5.32 Å². The second-order valence-corrected chi connectivity index (χ2v) is 11.5. The highest BCUT2D eigenvalue weighted by molar-refractivity contribution is 6.30. The van der Waals surface area contributed by atoms with Gasteiger partial charge in [-0.25, -0.2) is 0 Å². The van der Waals surface area contributed by atoms with Crippen LogP contribution in [0.15, 0.2) is 115 Å². The zero-order chi connectivity index (χ0) is 29.0. The van der Waals surface area contributed by atoms with Crippen molar-refractivity contribution in [3.05, 3.63) is 137 Å². The van der Waals surface area contributed by atoms with Gasteiger partial charge in [-0.1, -0.05) is 111 Å². The van der Waals surface area contributed by atoms with Crippen LogP contribution in [0.25, 0.3) is 22.3 Å². The zero-order valence-corrected chi connectivity index (χ0v) is 24.1. The van der Waals surface area contributed by atoms with Crippen molar-refractivity contribution >= 4 is 23.2 Å². The van der Waals surface area contributed by atoms with Gasteiger partial charge in [0.15, 0.2) is 0 Å². The minimum absolute atomic E-state index is 0.0652. The molecule has 0 unspecified atom stereocenters. The third kappa shape index (κ3) is 6.79. The molecular weight excluding hydrogens is 528 g/mol. The van der Waals surface area contributed by atoms with Gasteiger partial charge in [-0.05, 0) is 69.6 Å². The van der Waals surface area contributed by atoms with E-state index in [9.17, 15) is 4.79 Å². The first-order valence-electron chi connectivity index (χ1n) is 13.5. The Hall–Kier alpha value is -4.54. The lowest BCUT2D eigenvalue weighted by atomic mass is 9.87. The van der Waals surface area contributed by atoms with Crippen LogP contribution in [0.5, 0.6) is 11.5 Å². The summed E-state index contributed by atoms with van der Waals surface area (Å²) in [6.45, 7) is 7.07. The van der Waals surface area contributed by atoms with Gasteiger partial charge in [-0.15, -0.1) is 0 Å². The van der Waals surface area contributed by atoms with Crippen LogP contribution < -0.4 is 15.8 Å². The molecule has 2 N–H and O–H groups in total. The standard InChI is InChI=1S/C36H32ClN2O2/c1-36(2,3)28-15-9-24(10-16-28)23-39-34-32(27-13-11-26(12-14-27)25-7-5-4-6-8-25)21-31(22-33(34)35(38)40)41-30-19-17-29(37)18-20-30/h4-22,38-39H,23H2,1-3H3. The maximum atomic E-state index is 12.7. The van der Waals surface area contributed by atoms with Crippen molar-refractivity contribution < 1.29 is 9.53 Å². The van der Waals surface area contributed by atoms with Gasteiger partial charge in [0.2, 0.25) is 0 Å². The molecule has 5 aromatic rings. The predicted molar refractivity (Wildman–Crippen MR) is 169 cm³/mol. The molecule has 1 radical (unpaired) electrons. The summed E-state index contributed by atoms with van der Waals surface area (Å²) in [5, 5.41) is 4.07. The van der Waals surface area contributed by atoms with Crippen molar-refractivity contribution in [3.63, 3.8) is 0 Å². The van der Waals surface area contributed by atoms with Crippen molar-refractivity contribution in [2.45, 2.75) is 32.7 Å². The SMILES string of the molecule is CC(C)(C)c1ccc(CNc2c(C([NH])=O)cc(Oc3ccc(Cl)cc3)cc2-c2ccc(-c3ccccc3)cc2)cc1. The molecule has 41 heavy (non-hydrogen) atoms. The number of anilines is 1. The number of benzene rings is 5. The maximum absolute atomic E-state index is 12.7. The van der Waals surface area contributed by atoms with E-state index in [-0.39, 0.29) is 11.0 Å². The Morgan fingerprint density at radius 1 is 0.756 bits per heavy atom. The van der Waals surface area contributed by atoms with Gasteiger partial charge in [0, 0.05) is 17.1 Å². The normalized spacial score (nSPS) is 11.2. The van der Waals surface area contributed by atoms with Crippen LogP contribution >= 0.6 is 11.6 Å². The number of rotatable bonds is 8. The van der Waals surface area contributed by atoms with Crippen LogP contribution in [-0.4, -0.2) is 5.91 Å². The highest BCUT2D eigenvalue weighted by atomic mass is 35.5. The second-order valence-electron chi connectivity index (χ2n) is 11.0. The number of hydrogen-bond donors (Lipinski definition) is 1. The quantitative estimate of drug-likeness (QED) is 0.206. The first-order chi connectivity index (χ1) is 19.7. The van der Waals surface area contributed by atoms with E-state index in [0.29, 0.717) is 28.8 Å². The third-order valence-corrected chi connectivity index (χ3v) is 7.25. The summed E-state index contributed by atoms with van der Waals surface area (Å²) in [7, 11) is 0. The molecule has 4 nitrogen and oxygen atoms in total. The van der Waals surface area contributed by atoms with Crippen LogP contribution in [0.4, 0.5) is 5.69 Å². The van der Waals surface area contributed by atoms with E-state index < -0.39 is 5.91 Å². The summed E-state index contributed by atoms with van der Waals surface area (Å²) in [5.41, 5.74) is 15.2. The number of amides is 1. The van der Waals surface area contributed by atoms with E-state index in [1.165, 1.54) is 5.56 Å². The fraction of sp³-hybridized carbons (Fsp3) is 0.139. The molecule has 0 aliphatic carbocycles. The lowest BCUT2D eigenvalue weighted by Gasteiger charge is -2.20. The van der Waals surface area contributed by atoms with Crippen molar-refractivity contribution in [1.29, 1.82) is 0 Å². The number of ether oxygens (including phenoxy) is 1. The first kappa shape index (κ1) is 28.0. The fourth-order valence-corrected chi connectivity index (χ4v) is 4.82. The fourth-order valence-electron chi connectivity index (χ4n) is 4.70. The van der Waals surface area contributed by atoms with Gasteiger partial charge in [0.05, 0.1) is 11.3 Å².